The molecule has 0 heterocycles. The summed E-state index contributed by atoms with van der Waals surface area (Å²) in [6.07, 6.45) is 1.94. The summed E-state index contributed by atoms with van der Waals surface area (Å²) in [6.45, 7) is 9.05. The molecular formula is C11H22O4. The lowest BCUT2D eigenvalue weighted by molar-refractivity contribution is -0.413. The van der Waals surface area contributed by atoms with Crippen LogP contribution >= 0.6 is 0 Å². The molecule has 0 aromatic carbocycles. The molecule has 0 fully saturated rings. The Morgan fingerprint density at radius 1 is 1.20 bits per heavy atom. The second kappa shape index (κ2) is 7.82. The standard InChI is InChI=1S/C11H22O4/c1-10(2)6-7-14-15-11(3,4)13-9-8-12-5/h6H,7-9H2,1-5H3. The van der Waals surface area contributed by atoms with Gasteiger partial charge in [0.05, 0.1) is 13.2 Å². The quantitative estimate of drug-likeness (QED) is 0.206. The summed E-state index contributed by atoms with van der Waals surface area (Å²) in [4.78, 5) is 10.1. The Morgan fingerprint density at radius 2 is 1.87 bits per heavy atom. The number of ether oxygens (including phenoxy) is 2. The summed E-state index contributed by atoms with van der Waals surface area (Å²) in [5.74, 6) is -0.742. The molecule has 0 saturated carbocycles. The van der Waals surface area contributed by atoms with E-state index >= 15 is 0 Å². The van der Waals surface area contributed by atoms with Crippen LogP contribution in [0.15, 0.2) is 11.6 Å². The van der Waals surface area contributed by atoms with Crippen molar-refractivity contribution >= 4 is 0 Å². The highest BCUT2D eigenvalue weighted by atomic mass is 17.2. The fraction of sp³-hybridized carbons (Fsp3) is 0.818. The largest absolute Gasteiger partial charge is 0.382 e. The maximum atomic E-state index is 5.38. The summed E-state index contributed by atoms with van der Waals surface area (Å²) < 4.78 is 10.2. The van der Waals surface area contributed by atoms with Crippen LogP contribution < -0.4 is 0 Å². The Morgan fingerprint density at radius 3 is 2.40 bits per heavy atom. The van der Waals surface area contributed by atoms with Crippen molar-refractivity contribution in [3.8, 4) is 0 Å². The molecule has 0 atom stereocenters. The van der Waals surface area contributed by atoms with Crippen molar-refractivity contribution in [1.29, 1.82) is 0 Å². The first-order valence-electron chi connectivity index (χ1n) is 5.05. The van der Waals surface area contributed by atoms with Gasteiger partial charge >= 0.3 is 0 Å². The van der Waals surface area contributed by atoms with Gasteiger partial charge in [0.2, 0.25) is 0 Å². The SMILES string of the molecule is COCCOC(C)(C)OOCC=C(C)C. The maximum absolute atomic E-state index is 5.38. The predicted octanol–water partition coefficient (Wildman–Crippen LogP) is 2.30. The van der Waals surface area contributed by atoms with Crippen LogP contribution in [0.4, 0.5) is 0 Å². The minimum absolute atomic E-state index is 0.430. The third-order valence-electron chi connectivity index (χ3n) is 1.56. The topological polar surface area (TPSA) is 36.9 Å². The van der Waals surface area contributed by atoms with Gasteiger partial charge in [-0.15, -0.1) is 0 Å². The summed E-state index contributed by atoms with van der Waals surface area (Å²) in [7, 11) is 1.63. The third kappa shape index (κ3) is 9.87. The summed E-state index contributed by atoms with van der Waals surface area (Å²) >= 11 is 0. The highest BCUT2D eigenvalue weighted by molar-refractivity contribution is 4.92. The van der Waals surface area contributed by atoms with E-state index in [4.69, 9.17) is 19.2 Å². The molecular weight excluding hydrogens is 196 g/mol. The molecule has 0 amide bonds. The normalized spacial score (nSPS) is 11.5. The first-order valence-corrected chi connectivity index (χ1v) is 5.05. The van der Waals surface area contributed by atoms with Gasteiger partial charge in [0.15, 0.2) is 5.79 Å². The number of hydrogen-bond donors (Lipinski definition) is 0. The molecule has 0 radical (unpaired) electrons. The van der Waals surface area contributed by atoms with E-state index in [0.29, 0.717) is 19.8 Å². The van der Waals surface area contributed by atoms with Crippen LogP contribution in [-0.4, -0.2) is 32.7 Å². The number of hydrogen-bond acceptors (Lipinski definition) is 4. The van der Waals surface area contributed by atoms with E-state index in [2.05, 4.69) is 0 Å². The monoisotopic (exact) mass is 218 g/mol. The third-order valence-corrected chi connectivity index (χ3v) is 1.56. The van der Waals surface area contributed by atoms with E-state index in [1.54, 1.807) is 21.0 Å². The Hall–Kier alpha value is -0.420. The van der Waals surface area contributed by atoms with Crippen LogP contribution in [0.25, 0.3) is 0 Å². The van der Waals surface area contributed by atoms with Gasteiger partial charge in [-0.25, -0.2) is 9.78 Å². The zero-order valence-corrected chi connectivity index (χ0v) is 10.3. The molecule has 0 rings (SSSR count). The Kier molecular flexibility index (Phi) is 7.60. The van der Waals surface area contributed by atoms with Crippen molar-refractivity contribution < 1.29 is 19.2 Å². The molecule has 0 aromatic rings. The van der Waals surface area contributed by atoms with Crippen molar-refractivity contribution in [3.05, 3.63) is 11.6 Å². The van der Waals surface area contributed by atoms with E-state index in [1.165, 1.54) is 5.57 Å². The van der Waals surface area contributed by atoms with Gasteiger partial charge in [0.1, 0.15) is 6.61 Å². The summed E-state index contributed by atoms with van der Waals surface area (Å²) in [5.41, 5.74) is 1.19. The molecule has 0 saturated heterocycles. The fourth-order valence-electron chi connectivity index (χ4n) is 0.771. The van der Waals surface area contributed by atoms with Crippen LogP contribution in [-0.2, 0) is 19.2 Å². The molecule has 0 aliphatic rings. The van der Waals surface area contributed by atoms with E-state index < -0.39 is 5.79 Å². The zero-order valence-electron chi connectivity index (χ0n) is 10.3. The van der Waals surface area contributed by atoms with Crippen molar-refractivity contribution in [2.24, 2.45) is 0 Å². The van der Waals surface area contributed by atoms with Crippen LogP contribution in [0, 0.1) is 0 Å². The molecule has 4 nitrogen and oxygen atoms in total. The van der Waals surface area contributed by atoms with Crippen LogP contribution in [0.3, 0.4) is 0 Å². The van der Waals surface area contributed by atoms with Crippen molar-refractivity contribution in [1.82, 2.24) is 0 Å². The van der Waals surface area contributed by atoms with Gasteiger partial charge in [-0.05, 0) is 27.7 Å². The lowest BCUT2D eigenvalue weighted by atomic mass is 10.3. The lowest BCUT2D eigenvalue weighted by Crippen LogP contribution is -2.30. The van der Waals surface area contributed by atoms with Gasteiger partial charge in [0.25, 0.3) is 0 Å². The highest BCUT2D eigenvalue weighted by Crippen LogP contribution is 2.11. The smallest absolute Gasteiger partial charge is 0.195 e. The molecule has 90 valence electrons. The van der Waals surface area contributed by atoms with E-state index in [-0.39, 0.29) is 0 Å². The van der Waals surface area contributed by atoms with E-state index in [1.807, 2.05) is 19.9 Å². The molecule has 0 bridgehead atoms. The first-order chi connectivity index (χ1) is 6.98. The van der Waals surface area contributed by atoms with Crippen molar-refractivity contribution in [3.63, 3.8) is 0 Å². The Balaban J connectivity index is 3.59. The number of allylic oxidation sites excluding steroid dienone is 1. The van der Waals surface area contributed by atoms with Gasteiger partial charge in [0, 0.05) is 7.11 Å². The minimum Gasteiger partial charge on any atom is -0.382 e. The predicted molar refractivity (Wildman–Crippen MR) is 58.4 cm³/mol. The maximum Gasteiger partial charge on any atom is 0.195 e. The molecule has 15 heavy (non-hydrogen) atoms. The average Bonchev–Trinajstić information content (AvgIpc) is 2.13. The number of methoxy groups -OCH3 is 1. The van der Waals surface area contributed by atoms with Crippen molar-refractivity contribution in [2.45, 2.75) is 33.5 Å². The molecule has 0 N–H and O–H groups in total. The van der Waals surface area contributed by atoms with Crippen molar-refractivity contribution in [2.75, 3.05) is 26.9 Å². The van der Waals surface area contributed by atoms with E-state index in [9.17, 15) is 0 Å². The van der Waals surface area contributed by atoms with Crippen LogP contribution in [0.1, 0.15) is 27.7 Å². The summed E-state index contributed by atoms with van der Waals surface area (Å²) in [5, 5.41) is 0. The first kappa shape index (κ1) is 14.6. The minimum atomic E-state index is -0.742. The van der Waals surface area contributed by atoms with Crippen LogP contribution in [0.2, 0.25) is 0 Å². The fourth-order valence-corrected chi connectivity index (χ4v) is 0.771. The highest BCUT2D eigenvalue weighted by Gasteiger charge is 2.19. The molecule has 0 spiro atoms. The Labute approximate surface area is 92.1 Å². The molecule has 4 heteroatoms. The Bertz CT molecular complexity index is 183. The second-order valence-corrected chi connectivity index (χ2v) is 3.89. The van der Waals surface area contributed by atoms with Crippen LogP contribution in [0.5, 0.6) is 0 Å². The van der Waals surface area contributed by atoms with Gasteiger partial charge < -0.3 is 9.47 Å². The van der Waals surface area contributed by atoms with E-state index in [0.717, 1.165) is 0 Å². The molecule has 0 aromatic heterocycles. The van der Waals surface area contributed by atoms with Gasteiger partial charge in [-0.3, -0.25) is 0 Å². The van der Waals surface area contributed by atoms with Gasteiger partial charge in [-0.1, -0.05) is 11.6 Å². The summed E-state index contributed by atoms with van der Waals surface area (Å²) in [6, 6.07) is 0. The number of rotatable bonds is 8. The second-order valence-electron chi connectivity index (χ2n) is 3.89. The molecule has 0 aliphatic heterocycles. The zero-order chi connectivity index (χ0) is 11.7. The average molecular weight is 218 g/mol. The molecule has 0 unspecified atom stereocenters. The lowest BCUT2D eigenvalue weighted by Gasteiger charge is -2.23. The molecule has 0 aliphatic carbocycles. The van der Waals surface area contributed by atoms with Gasteiger partial charge in [-0.2, -0.15) is 0 Å².